The SMILES string of the molecule is Cc1ccccc1[C@H]1COC(C)(C)O[C@@H]1CCCCC=CC(=O)O. The molecule has 1 aromatic rings. The monoisotopic (exact) mass is 332 g/mol. The number of rotatable bonds is 7. The summed E-state index contributed by atoms with van der Waals surface area (Å²) in [4.78, 5) is 10.5. The van der Waals surface area contributed by atoms with Crippen LogP contribution in [0, 0.1) is 6.92 Å². The van der Waals surface area contributed by atoms with Gasteiger partial charge in [0.2, 0.25) is 0 Å². The Kier molecular flexibility index (Phi) is 6.58. The van der Waals surface area contributed by atoms with Gasteiger partial charge in [-0.1, -0.05) is 36.8 Å². The van der Waals surface area contributed by atoms with Crippen LogP contribution in [0.25, 0.3) is 0 Å². The lowest BCUT2D eigenvalue weighted by Gasteiger charge is -2.42. The molecule has 24 heavy (non-hydrogen) atoms. The lowest BCUT2D eigenvalue weighted by molar-refractivity contribution is -0.282. The molecule has 0 radical (unpaired) electrons. The summed E-state index contributed by atoms with van der Waals surface area (Å²) < 4.78 is 12.1. The smallest absolute Gasteiger partial charge is 0.327 e. The van der Waals surface area contributed by atoms with Gasteiger partial charge in [0.25, 0.3) is 0 Å². The quantitative estimate of drug-likeness (QED) is 0.593. The summed E-state index contributed by atoms with van der Waals surface area (Å²) in [5, 5.41) is 8.60. The summed E-state index contributed by atoms with van der Waals surface area (Å²) in [5.41, 5.74) is 2.56. The highest BCUT2D eigenvalue weighted by molar-refractivity contribution is 5.79. The van der Waals surface area contributed by atoms with E-state index in [2.05, 4.69) is 31.2 Å². The van der Waals surface area contributed by atoms with Crippen LogP contribution in [0.15, 0.2) is 36.4 Å². The van der Waals surface area contributed by atoms with Gasteiger partial charge in [0.1, 0.15) is 0 Å². The summed E-state index contributed by atoms with van der Waals surface area (Å²) in [6.45, 7) is 6.72. The van der Waals surface area contributed by atoms with Gasteiger partial charge in [0.05, 0.1) is 12.7 Å². The molecule has 0 unspecified atom stereocenters. The minimum Gasteiger partial charge on any atom is -0.478 e. The normalized spacial score (nSPS) is 23.5. The fraction of sp³-hybridized carbons (Fsp3) is 0.550. The van der Waals surface area contributed by atoms with Crippen molar-refractivity contribution in [2.24, 2.45) is 0 Å². The Morgan fingerprint density at radius 2 is 2.08 bits per heavy atom. The van der Waals surface area contributed by atoms with Crippen molar-refractivity contribution < 1.29 is 19.4 Å². The summed E-state index contributed by atoms with van der Waals surface area (Å²) in [6, 6.07) is 8.41. The molecule has 0 bridgehead atoms. The van der Waals surface area contributed by atoms with Crippen molar-refractivity contribution in [2.45, 2.75) is 64.3 Å². The topological polar surface area (TPSA) is 55.8 Å². The van der Waals surface area contributed by atoms with Crippen LogP contribution in [-0.2, 0) is 14.3 Å². The van der Waals surface area contributed by atoms with E-state index in [4.69, 9.17) is 14.6 Å². The lowest BCUT2D eigenvalue weighted by Crippen LogP contribution is -2.44. The van der Waals surface area contributed by atoms with Gasteiger partial charge in [-0.05, 0) is 51.2 Å². The first-order chi connectivity index (χ1) is 11.4. The third-order valence-corrected chi connectivity index (χ3v) is 4.45. The zero-order valence-electron chi connectivity index (χ0n) is 14.8. The molecule has 0 amide bonds. The van der Waals surface area contributed by atoms with Crippen LogP contribution in [0.1, 0.15) is 56.6 Å². The van der Waals surface area contributed by atoms with E-state index in [1.807, 2.05) is 13.8 Å². The Morgan fingerprint density at radius 3 is 2.79 bits per heavy atom. The minimum atomic E-state index is -0.885. The van der Waals surface area contributed by atoms with Crippen molar-refractivity contribution in [1.82, 2.24) is 0 Å². The standard InChI is InChI=1S/C20H28O4/c1-15-10-8-9-11-16(15)17-14-23-20(2,3)24-18(17)12-6-4-5-7-13-19(21)22/h7-11,13,17-18H,4-6,12,14H2,1-3H3,(H,21,22)/t17-,18-/m1/s1. The lowest BCUT2D eigenvalue weighted by atomic mass is 9.87. The molecule has 0 spiro atoms. The van der Waals surface area contributed by atoms with E-state index in [1.165, 1.54) is 17.2 Å². The molecule has 1 aromatic carbocycles. The number of carboxylic acids is 1. The molecular weight excluding hydrogens is 304 g/mol. The average molecular weight is 332 g/mol. The number of aliphatic carboxylic acids is 1. The number of benzene rings is 1. The number of hydrogen-bond donors (Lipinski definition) is 1. The number of unbranched alkanes of at least 4 members (excludes halogenated alkanes) is 2. The molecule has 0 aliphatic carbocycles. The molecule has 4 heteroatoms. The number of carbonyl (C=O) groups is 1. The van der Waals surface area contributed by atoms with Crippen LogP contribution in [0.2, 0.25) is 0 Å². The maximum absolute atomic E-state index is 10.5. The first-order valence-electron chi connectivity index (χ1n) is 8.66. The fourth-order valence-corrected chi connectivity index (χ4v) is 3.22. The second kappa shape index (κ2) is 8.45. The molecule has 4 nitrogen and oxygen atoms in total. The van der Waals surface area contributed by atoms with Gasteiger partial charge < -0.3 is 14.6 Å². The van der Waals surface area contributed by atoms with Crippen LogP contribution < -0.4 is 0 Å². The van der Waals surface area contributed by atoms with E-state index >= 15 is 0 Å². The molecule has 1 aliphatic rings. The zero-order chi connectivity index (χ0) is 17.6. The molecule has 2 rings (SSSR count). The van der Waals surface area contributed by atoms with Gasteiger partial charge >= 0.3 is 5.97 Å². The third-order valence-electron chi connectivity index (χ3n) is 4.45. The van der Waals surface area contributed by atoms with Gasteiger partial charge in [-0.2, -0.15) is 0 Å². The van der Waals surface area contributed by atoms with Crippen molar-refractivity contribution in [2.75, 3.05) is 6.61 Å². The molecule has 1 saturated heterocycles. The molecule has 1 N–H and O–H groups in total. The Hall–Kier alpha value is -1.65. The number of carboxylic acid groups (broad SMARTS) is 1. The van der Waals surface area contributed by atoms with Gasteiger partial charge in [-0.15, -0.1) is 0 Å². The first-order valence-corrected chi connectivity index (χ1v) is 8.66. The van der Waals surface area contributed by atoms with Crippen molar-refractivity contribution >= 4 is 5.97 Å². The van der Waals surface area contributed by atoms with Gasteiger partial charge in [0, 0.05) is 12.0 Å². The predicted molar refractivity (Wildman–Crippen MR) is 94.1 cm³/mol. The third kappa shape index (κ3) is 5.46. The minimum absolute atomic E-state index is 0.123. The van der Waals surface area contributed by atoms with E-state index in [9.17, 15) is 4.79 Å². The highest BCUT2D eigenvalue weighted by Gasteiger charge is 2.37. The van der Waals surface area contributed by atoms with Crippen LogP contribution in [0.5, 0.6) is 0 Å². The van der Waals surface area contributed by atoms with Gasteiger partial charge in [-0.3, -0.25) is 0 Å². The van der Waals surface area contributed by atoms with Gasteiger partial charge in [-0.25, -0.2) is 4.79 Å². The highest BCUT2D eigenvalue weighted by Crippen LogP contribution is 2.36. The predicted octanol–water partition coefficient (Wildman–Crippen LogP) is 4.43. The van der Waals surface area contributed by atoms with Crippen LogP contribution in [0.3, 0.4) is 0 Å². The number of allylic oxidation sites excluding steroid dienone is 1. The van der Waals surface area contributed by atoms with Crippen LogP contribution >= 0.6 is 0 Å². The van der Waals surface area contributed by atoms with E-state index in [-0.39, 0.29) is 12.0 Å². The number of aryl methyl sites for hydroxylation is 1. The molecule has 1 aliphatic heterocycles. The van der Waals surface area contributed by atoms with Crippen molar-refractivity contribution in [1.29, 1.82) is 0 Å². The summed E-state index contributed by atoms with van der Waals surface area (Å²) in [5.74, 6) is -1.19. The van der Waals surface area contributed by atoms with Crippen LogP contribution in [0.4, 0.5) is 0 Å². The molecule has 0 aromatic heterocycles. The summed E-state index contributed by atoms with van der Waals surface area (Å²) in [7, 11) is 0. The number of hydrogen-bond acceptors (Lipinski definition) is 3. The van der Waals surface area contributed by atoms with E-state index < -0.39 is 11.8 Å². The van der Waals surface area contributed by atoms with Crippen molar-refractivity contribution in [3.8, 4) is 0 Å². The second-order valence-corrected chi connectivity index (χ2v) is 6.86. The molecule has 0 saturated carbocycles. The molecular formula is C20H28O4. The highest BCUT2D eigenvalue weighted by atomic mass is 16.7. The maximum atomic E-state index is 10.5. The maximum Gasteiger partial charge on any atom is 0.327 e. The Labute approximate surface area is 144 Å². The molecule has 1 heterocycles. The van der Waals surface area contributed by atoms with Crippen molar-refractivity contribution in [3.05, 3.63) is 47.5 Å². The molecule has 1 fully saturated rings. The van der Waals surface area contributed by atoms with Crippen LogP contribution in [-0.4, -0.2) is 29.6 Å². The van der Waals surface area contributed by atoms with E-state index in [1.54, 1.807) is 6.08 Å². The molecule has 2 atom stereocenters. The molecule has 132 valence electrons. The Bertz CT molecular complexity index is 577. The van der Waals surface area contributed by atoms with E-state index in [0.29, 0.717) is 6.61 Å². The summed E-state index contributed by atoms with van der Waals surface area (Å²) in [6.07, 6.45) is 6.76. The summed E-state index contributed by atoms with van der Waals surface area (Å²) >= 11 is 0. The fourth-order valence-electron chi connectivity index (χ4n) is 3.22. The van der Waals surface area contributed by atoms with Gasteiger partial charge in [0.15, 0.2) is 5.79 Å². The number of ether oxygens (including phenoxy) is 2. The second-order valence-electron chi connectivity index (χ2n) is 6.86. The average Bonchev–Trinajstić information content (AvgIpc) is 2.51. The Balaban J connectivity index is 1.96. The largest absolute Gasteiger partial charge is 0.478 e. The van der Waals surface area contributed by atoms with Crippen molar-refractivity contribution in [3.63, 3.8) is 0 Å². The van der Waals surface area contributed by atoms with E-state index in [0.717, 1.165) is 25.7 Å². The Morgan fingerprint density at radius 1 is 1.33 bits per heavy atom. The zero-order valence-corrected chi connectivity index (χ0v) is 14.8. The first kappa shape index (κ1) is 18.7.